The summed E-state index contributed by atoms with van der Waals surface area (Å²) in [4.78, 5) is 109. The predicted octanol–water partition coefficient (Wildman–Crippen LogP) is -5.02. The van der Waals surface area contributed by atoms with Crippen LogP contribution in [-0.2, 0) is 75.7 Å². The van der Waals surface area contributed by atoms with E-state index in [1.54, 1.807) is 0 Å². The fourth-order valence-electron chi connectivity index (χ4n) is 8.63. The molecule has 4 unspecified atom stereocenters. The fraction of sp³-hybridized carbons (Fsp3) is 0.545. The highest BCUT2D eigenvalue weighted by atomic mass is 31.3. The van der Waals surface area contributed by atoms with Crippen molar-refractivity contribution in [1.82, 2.24) is 59.7 Å². The Labute approximate surface area is 431 Å². The molecule has 16 atom stereocenters. The lowest BCUT2D eigenvalue weighted by Gasteiger charge is -2.27. The monoisotopic (exact) mass is 1190 g/mol. The average Bonchev–Trinajstić information content (AvgIpc) is 4.19. The smallest absolute Gasteiger partial charge is 0.487 e. The lowest BCUT2D eigenvalue weighted by atomic mass is 10.1. The molecule has 0 saturated carbocycles. The Morgan fingerprint density at radius 1 is 0.667 bits per heavy atom. The fourth-order valence-corrected chi connectivity index (χ4v) is 13.1. The number of anilines is 3. The average molecular weight is 1190 g/mol. The number of rotatable bonds is 20. The summed E-state index contributed by atoms with van der Waals surface area (Å²) in [6.07, 6.45) is -16.4. The molecule has 78 heavy (non-hydrogen) atoms. The molecule has 0 aromatic carbocycles. The van der Waals surface area contributed by atoms with Gasteiger partial charge in [-0.15, -0.1) is 0 Å². The molecule has 0 bridgehead atoms. The zero-order chi connectivity index (χ0) is 55.8. The van der Waals surface area contributed by atoms with Gasteiger partial charge in [0.05, 0.1) is 39.5 Å². The number of ether oxygens (including phenoxy) is 5. The van der Waals surface area contributed by atoms with E-state index in [-0.39, 0.29) is 51.5 Å². The van der Waals surface area contributed by atoms with Crippen LogP contribution in [0.5, 0.6) is 0 Å². The van der Waals surface area contributed by atoms with E-state index in [4.69, 9.17) is 59.0 Å². The van der Waals surface area contributed by atoms with E-state index in [0.29, 0.717) is 0 Å². The van der Waals surface area contributed by atoms with E-state index in [1.165, 1.54) is 22.5 Å². The second-order valence-electron chi connectivity index (χ2n) is 16.8. The Bertz CT molecular complexity index is 3610. The van der Waals surface area contributed by atoms with E-state index in [2.05, 4.69) is 48.5 Å². The maximum Gasteiger partial charge on any atom is 0.487 e. The second kappa shape index (κ2) is 21.9. The first-order valence-electron chi connectivity index (χ1n) is 21.7. The molecular weight excluding hydrogens is 1140 g/mol. The first kappa shape index (κ1) is 58.8. The lowest BCUT2D eigenvalue weighted by molar-refractivity contribution is -0.745. The number of H-pyrrole nitrogens is 3. The SMILES string of the molecule is CO[C@@H]1[C@H](OP(=O)(O)OC[C@H]2O[C@@H](n3cnc4c(=O)[nH]c(N)nc43)[C@H](O)[C@@H]2O)[C@@H](COP(=O)(O)OP(=O)(O)OP(=O)([O-])OC[C@H]2O[C@@H]([n+]3cn(C)c4c(=O)[nH]c(N)nc43)[C@H](O)[C@@H]2OC)O[C@H]1n1cnc2c(=O)[nH]c(N)nc21.[NH4+]. The summed E-state index contributed by atoms with van der Waals surface area (Å²) in [6.45, 7) is -3.43. The van der Waals surface area contributed by atoms with E-state index in [0.717, 1.165) is 36.0 Å². The van der Waals surface area contributed by atoms with Gasteiger partial charge in [-0.2, -0.15) is 14.3 Å². The van der Waals surface area contributed by atoms with Gasteiger partial charge in [0.25, 0.3) is 30.4 Å². The number of phosphoric acid groups is 4. The minimum atomic E-state index is -6.27. The van der Waals surface area contributed by atoms with Crippen LogP contribution in [0.3, 0.4) is 0 Å². The first-order chi connectivity index (χ1) is 36.1. The van der Waals surface area contributed by atoms with E-state index in [1.807, 2.05) is 0 Å². The van der Waals surface area contributed by atoms with Gasteiger partial charge in [0.15, 0.2) is 41.1 Å². The Morgan fingerprint density at radius 3 is 1.78 bits per heavy atom. The molecule has 45 heteroatoms. The topological polar surface area (TPSA) is 611 Å². The van der Waals surface area contributed by atoms with Gasteiger partial charge >= 0.3 is 29.1 Å². The minimum absolute atomic E-state index is 0. The van der Waals surface area contributed by atoms with E-state index in [9.17, 15) is 67.5 Å². The quantitative estimate of drug-likeness (QED) is 0.0251. The van der Waals surface area contributed by atoms with Gasteiger partial charge in [0.1, 0.15) is 54.9 Å². The number of nitrogens with two attached hydrogens (primary N) is 3. The van der Waals surface area contributed by atoms with Crippen molar-refractivity contribution >= 4 is 82.6 Å². The molecule has 0 amide bonds. The molecule has 41 nitrogen and oxygen atoms in total. The standard InChI is InChI=1S/C33H45N15O25P4.H3N/c1-45-9-48(24-15(45)27(54)44-33(36)41-24)29-18(51)19(63-2)11(69-29)5-66-75(57,58)72-77(61,62)73-76(59,60)67-6-12-20(21(64-3)30(70-12)47-8-38-14-23(47)40-32(35)43-26(14)53)71-74(55,56)65-4-10-16(49)17(50)28(68-10)46-7-37-13-22(46)39-31(34)42-25(13)52;/h7-12,16-21,28-30,49-51H,4-6H2,1-3H3,(H12-,34,35,36,39,40,41,42,43,44,52,53,54,55,56,57,58,59,60,61,62);1H3/p+1/t10-,11-,12-,16-,17-,18-,19-,20-,21-,28-,29-,30-;/m1./s1. The molecule has 9 rings (SSSR count). The van der Waals surface area contributed by atoms with Crippen LogP contribution in [0.15, 0.2) is 33.4 Å². The molecule has 0 spiro atoms. The molecule has 19 N–H and O–H groups in total. The third-order valence-electron chi connectivity index (χ3n) is 11.9. The number of aryl methyl sites for hydroxylation is 1. The largest absolute Gasteiger partial charge is 0.756 e. The maximum absolute atomic E-state index is 13.7. The van der Waals surface area contributed by atoms with Gasteiger partial charge in [-0.1, -0.05) is 4.98 Å². The number of nitrogen functional groups attached to an aromatic ring is 3. The van der Waals surface area contributed by atoms with Crippen molar-refractivity contribution < 1.29 is 108 Å². The molecule has 3 aliphatic rings. The highest BCUT2D eigenvalue weighted by Gasteiger charge is 2.54. The van der Waals surface area contributed by atoms with Gasteiger partial charge in [-0.05, 0) is 0 Å². The highest BCUT2D eigenvalue weighted by Crippen LogP contribution is 2.67. The summed E-state index contributed by atoms with van der Waals surface area (Å²) in [5.41, 5.74) is 13.9. The predicted molar refractivity (Wildman–Crippen MR) is 250 cm³/mol. The Kier molecular flexibility index (Phi) is 16.5. The molecule has 3 fully saturated rings. The lowest BCUT2D eigenvalue weighted by Crippen LogP contribution is -2.46. The van der Waals surface area contributed by atoms with Crippen LogP contribution in [-0.4, -0.2) is 173 Å². The van der Waals surface area contributed by atoms with Gasteiger partial charge in [0.2, 0.25) is 23.6 Å². The van der Waals surface area contributed by atoms with Gasteiger partial charge in [-0.3, -0.25) is 61.2 Å². The zero-order valence-electron chi connectivity index (χ0n) is 40.3. The summed E-state index contributed by atoms with van der Waals surface area (Å²) in [5.74, 6) is -1.03. The number of hydrogen-bond donors (Lipinski definition) is 13. The number of aromatic nitrogens is 12. The van der Waals surface area contributed by atoms with E-state index >= 15 is 0 Å². The number of methoxy groups -OCH3 is 2. The van der Waals surface area contributed by atoms with Gasteiger partial charge in [0, 0.05) is 14.2 Å². The molecule has 0 aliphatic carbocycles. The van der Waals surface area contributed by atoms with Crippen LogP contribution >= 0.6 is 31.3 Å². The molecule has 3 aliphatic heterocycles. The number of aliphatic hydroxyl groups excluding tert-OH is 3. The van der Waals surface area contributed by atoms with Crippen LogP contribution in [0.2, 0.25) is 0 Å². The van der Waals surface area contributed by atoms with Crippen molar-refractivity contribution in [2.24, 2.45) is 7.05 Å². The number of nitrogens with one attached hydrogen (secondary N) is 3. The molecule has 430 valence electrons. The van der Waals surface area contributed by atoms with Crippen molar-refractivity contribution in [3.05, 3.63) is 50.0 Å². The number of imidazole rings is 3. The number of aliphatic hydroxyl groups is 3. The zero-order valence-corrected chi connectivity index (χ0v) is 43.8. The first-order valence-corrected chi connectivity index (χ1v) is 27.7. The molecule has 0 radical (unpaired) electrons. The number of phosphoric ester groups is 3. The molecule has 6 aromatic heterocycles. The Hall–Kier alpha value is -5.39. The van der Waals surface area contributed by atoms with Gasteiger partial charge < -0.3 is 86.5 Å². The Balaban J connectivity index is 0.00000803. The summed E-state index contributed by atoms with van der Waals surface area (Å²) in [7, 11) is -20.2. The number of hydrogen-bond acceptors (Lipinski definition) is 30. The summed E-state index contributed by atoms with van der Waals surface area (Å²) in [5, 5.41) is 32.8. The second-order valence-corrected chi connectivity index (χ2v) is 22.8. The summed E-state index contributed by atoms with van der Waals surface area (Å²) >= 11 is 0. The molecular formula is C33H49N16O25P4+. The number of aromatic amines is 3. The van der Waals surface area contributed by atoms with Gasteiger partial charge in [-0.25, -0.2) is 32.5 Å². The van der Waals surface area contributed by atoms with E-state index < -0.39 is 147 Å². The number of fused-ring (bicyclic) bond motifs is 3. The van der Waals surface area contributed by atoms with Crippen molar-refractivity contribution in [2.45, 2.75) is 73.6 Å². The van der Waals surface area contributed by atoms with Crippen LogP contribution in [0, 0.1) is 0 Å². The van der Waals surface area contributed by atoms with Crippen molar-refractivity contribution in [3.63, 3.8) is 0 Å². The summed E-state index contributed by atoms with van der Waals surface area (Å²) in [6, 6.07) is 0. The van der Waals surface area contributed by atoms with Crippen molar-refractivity contribution in [2.75, 3.05) is 51.2 Å². The maximum atomic E-state index is 13.7. The van der Waals surface area contributed by atoms with Crippen LogP contribution in [0.25, 0.3) is 33.5 Å². The molecule has 6 aromatic rings. The Morgan fingerprint density at radius 2 is 1.18 bits per heavy atom. The molecule has 9 heterocycles. The normalized spacial score (nSPS) is 29.6. The third kappa shape index (κ3) is 11.6. The van der Waals surface area contributed by atoms with Crippen molar-refractivity contribution in [1.29, 1.82) is 0 Å². The highest BCUT2D eigenvalue weighted by molar-refractivity contribution is 7.66. The summed E-state index contributed by atoms with van der Waals surface area (Å²) < 4.78 is 114. The van der Waals surface area contributed by atoms with Crippen molar-refractivity contribution in [3.8, 4) is 0 Å². The minimum Gasteiger partial charge on any atom is -0.756 e. The van der Waals surface area contributed by atoms with Crippen LogP contribution in [0.1, 0.15) is 18.7 Å². The molecule has 3 saturated heterocycles. The number of nitrogens with zero attached hydrogens (tertiary/aromatic N) is 9. The van der Waals surface area contributed by atoms with Crippen LogP contribution in [0.4, 0.5) is 17.8 Å². The third-order valence-corrected chi connectivity index (χ3v) is 17.1. The van der Waals surface area contributed by atoms with Crippen LogP contribution < -0.4 is 49.5 Å². The number of quaternary nitrogens is 1.